The maximum absolute atomic E-state index is 12.7. The van der Waals surface area contributed by atoms with Crippen molar-refractivity contribution in [2.24, 2.45) is 5.92 Å². The molecule has 5 nitrogen and oxygen atoms in total. The highest BCUT2D eigenvalue weighted by Gasteiger charge is 2.36. The van der Waals surface area contributed by atoms with Crippen molar-refractivity contribution in [3.8, 4) is 10.6 Å². The Morgan fingerprint density at radius 1 is 1.28 bits per heavy atom. The molecule has 1 aliphatic heterocycles. The lowest BCUT2D eigenvalue weighted by atomic mass is 10.1. The molecule has 0 aliphatic carbocycles. The lowest BCUT2D eigenvalue weighted by Crippen LogP contribution is -2.33. The van der Waals surface area contributed by atoms with Gasteiger partial charge >= 0.3 is 0 Å². The van der Waals surface area contributed by atoms with Crippen LogP contribution in [0, 0.1) is 12.8 Å². The molecule has 1 aliphatic rings. The van der Waals surface area contributed by atoms with Crippen LogP contribution < -0.4 is 5.32 Å². The van der Waals surface area contributed by atoms with E-state index >= 15 is 0 Å². The molecule has 1 N–H and O–H groups in total. The molecule has 0 unspecified atom stereocenters. The number of thiazole rings is 1. The zero-order valence-corrected chi connectivity index (χ0v) is 18.1. The van der Waals surface area contributed by atoms with Gasteiger partial charge in [0.05, 0.1) is 34.1 Å². The summed E-state index contributed by atoms with van der Waals surface area (Å²) in [7, 11) is 0. The van der Waals surface area contributed by atoms with Gasteiger partial charge in [-0.25, -0.2) is 4.98 Å². The summed E-state index contributed by atoms with van der Waals surface area (Å²) in [6.45, 7) is 4.95. The molecular weight excluding hydrogens is 402 g/mol. The highest BCUT2D eigenvalue weighted by molar-refractivity contribution is 7.16. The molecule has 3 aromatic rings. The highest BCUT2D eigenvalue weighted by atomic mass is 32.1. The summed E-state index contributed by atoms with van der Waals surface area (Å²) in [6, 6.07) is 14.0. The predicted molar refractivity (Wildman–Crippen MR) is 117 cm³/mol. The normalized spacial score (nSPS) is 17.5. The van der Waals surface area contributed by atoms with Crippen LogP contribution in [0.1, 0.15) is 34.8 Å². The molecule has 2 amide bonds. The van der Waals surface area contributed by atoms with E-state index in [1.165, 1.54) is 0 Å². The third-order valence-electron chi connectivity index (χ3n) is 5.25. The molecule has 1 fully saturated rings. The van der Waals surface area contributed by atoms with E-state index < -0.39 is 0 Å². The maximum atomic E-state index is 12.7. The van der Waals surface area contributed by atoms with E-state index in [1.54, 1.807) is 22.7 Å². The molecule has 29 heavy (non-hydrogen) atoms. The van der Waals surface area contributed by atoms with Gasteiger partial charge in [0, 0.05) is 23.2 Å². The zero-order chi connectivity index (χ0) is 20.4. The van der Waals surface area contributed by atoms with Crippen LogP contribution in [-0.4, -0.2) is 28.2 Å². The fraction of sp³-hybridized carbons (Fsp3) is 0.318. The molecule has 7 heteroatoms. The van der Waals surface area contributed by atoms with Gasteiger partial charge in [-0.05, 0) is 31.5 Å². The summed E-state index contributed by atoms with van der Waals surface area (Å²) < 4.78 is 0. The van der Waals surface area contributed by atoms with Crippen molar-refractivity contribution in [2.45, 2.75) is 32.9 Å². The van der Waals surface area contributed by atoms with Gasteiger partial charge in [-0.1, -0.05) is 30.3 Å². The van der Waals surface area contributed by atoms with Crippen LogP contribution in [0.15, 0.2) is 47.8 Å². The number of rotatable bonds is 6. The van der Waals surface area contributed by atoms with Gasteiger partial charge in [0.2, 0.25) is 11.8 Å². The molecule has 1 saturated heterocycles. The van der Waals surface area contributed by atoms with Crippen LogP contribution in [0.2, 0.25) is 0 Å². The summed E-state index contributed by atoms with van der Waals surface area (Å²) >= 11 is 3.27. The van der Waals surface area contributed by atoms with Crippen LogP contribution >= 0.6 is 22.7 Å². The Hall–Kier alpha value is -2.51. The topological polar surface area (TPSA) is 62.3 Å². The molecule has 0 bridgehead atoms. The molecular formula is C22H23N3O2S2. The molecule has 0 spiro atoms. The quantitative estimate of drug-likeness (QED) is 0.636. The van der Waals surface area contributed by atoms with E-state index in [0.717, 1.165) is 26.0 Å². The average Bonchev–Trinajstić information content (AvgIpc) is 3.46. The minimum absolute atomic E-state index is 0.0251. The number of aromatic nitrogens is 1. The van der Waals surface area contributed by atoms with Crippen molar-refractivity contribution >= 4 is 34.5 Å². The van der Waals surface area contributed by atoms with Crippen LogP contribution in [0.5, 0.6) is 0 Å². The number of aryl methyl sites for hydroxylation is 1. The third-order valence-corrected chi connectivity index (χ3v) is 7.13. The van der Waals surface area contributed by atoms with E-state index in [4.69, 9.17) is 0 Å². The highest BCUT2D eigenvalue weighted by Crippen LogP contribution is 2.30. The lowest BCUT2D eigenvalue weighted by molar-refractivity contribution is -0.130. The van der Waals surface area contributed by atoms with Crippen molar-refractivity contribution in [2.75, 3.05) is 6.54 Å². The molecule has 150 valence electrons. The van der Waals surface area contributed by atoms with Crippen molar-refractivity contribution in [1.29, 1.82) is 0 Å². The molecule has 0 saturated carbocycles. The SMILES string of the molecule is Cc1nc(-c2ccc(CNC(=O)[C@H]3CC(=O)N([C@@H](C)c4ccccc4)C3)s2)cs1. The summed E-state index contributed by atoms with van der Waals surface area (Å²) in [5.41, 5.74) is 2.08. The second-order valence-corrected chi connectivity index (χ2v) is 9.50. The first-order valence-corrected chi connectivity index (χ1v) is 11.3. The smallest absolute Gasteiger partial charge is 0.225 e. The van der Waals surface area contributed by atoms with Crippen LogP contribution in [-0.2, 0) is 16.1 Å². The minimum atomic E-state index is -0.297. The maximum Gasteiger partial charge on any atom is 0.225 e. The van der Waals surface area contributed by atoms with E-state index in [1.807, 2.05) is 61.2 Å². The summed E-state index contributed by atoms with van der Waals surface area (Å²) in [5.74, 6) is -0.311. The van der Waals surface area contributed by atoms with Gasteiger partial charge in [-0.2, -0.15) is 0 Å². The number of nitrogens with one attached hydrogen (secondary N) is 1. The number of benzene rings is 1. The predicted octanol–water partition coefficient (Wildman–Crippen LogP) is 4.41. The standard InChI is InChI=1S/C22H23N3O2S2/c1-14(16-6-4-3-5-7-16)25-12-17(10-21(25)26)22(27)23-11-18-8-9-20(29-18)19-13-28-15(2)24-19/h3-9,13-14,17H,10-12H2,1-2H3,(H,23,27)/t14-,17-/m0/s1. The van der Waals surface area contributed by atoms with Gasteiger partial charge < -0.3 is 10.2 Å². The van der Waals surface area contributed by atoms with E-state index in [2.05, 4.69) is 15.7 Å². The Bertz CT molecular complexity index is 1010. The molecule has 3 heterocycles. The Kier molecular flexibility index (Phi) is 5.78. The first kappa shape index (κ1) is 19.8. The van der Waals surface area contributed by atoms with Gasteiger partial charge in [0.15, 0.2) is 0 Å². The largest absolute Gasteiger partial charge is 0.351 e. The van der Waals surface area contributed by atoms with Crippen LogP contribution in [0.3, 0.4) is 0 Å². The number of nitrogens with zero attached hydrogens (tertiary/aromatic N) is 2. The van der Waals surface area contributed by atoms with Crippen molar-refractivity contribution in [1.82, 2.24) is 15.2 Å². The lowest BCUT2D eigenvalue weighted by Gasteiger charge is -2.25. The zero-order valence-electron chi connectivity index (χ0n) is 16.4. The summed E-state index contributed by atoms with van der Waals surface area (Å²) in [5, 5.41) is 6.10. The Morgan fingerprint density at radius 2 is 2.07 bits per heavy atom. The minimum Gasteiger partial charge on any atom is -0.351 e. The van der Waals surface area contributed by atoms with Crippen molar-refractivity contribution in [3.05, 3.63) is 63.3 Å². The average molecular weight is 426 g/mol. The van der Waals surface area contributed by atoms with E-state index in [-0.39, 0.29) is 30.2 Å². The van der Waals surface area contributed by atoms with Gasteiger partial charge in [0.1, 0.15) is 0 Å². The third kappa shape index (κ3) is 4.41. The summed E-state index contributed by atoms with van der Waals surface area (Å²) in [4.78, 5) is 33.6. The first-order valence-electron chi connectivity index (χ1n) is 9.64. The second kappa shape index (κ2) is 8.47. The number of amides is 2. The molecule has 2 aromatic heterocycles. The number of carbonyl (C=O) groups is 2. The molecule has 4 rings (SSSR count). The van der Waals surface area contributed by atoms with Gasteiger partial charge in [-0.3, -0.25) is 9.59 Å². The fourth-order valence-corrected chi connectivity index (χ4v) is 5.19. The Labute approximate surface area is 178 Å². The first-order chi connectivity index (χ1) is 14.0. The molecule has 0 radical (unpaired) electrons. The van der Waals surface area contributed by atoms with E-state index in [9.17, 15) is 9.59 Å². The molecule has 2 atom stereocenters. The Balaban J connectivity index is 1.34. The number of thiophene rings is 1. The second-order valence-electron chi connectivity index (χ2n) is 7.27. The summed E-state index contributed by atoms with van der Waals surface area (Å²) in [6.07, 6.45) is 0.275. The fourth-order valence-electron chi connectivity index (χ4n) is 3.60. The Morgan fingerprint density at radius 3 is 2.79 bits per heavy atom. The van der Waals surface area contributed by atoms with E-state index in [0.29, 0.717) is 13.1 Å². The van der Waals surface area contributed by atoms with Crippen LogP contribution in [0.4, 0.5) is 0 Å². The monoisotopic (exact) mass is 425 g/mol. The van der Waals surface area contributed by atoms with Gasteiger partial charge in [-0.15, -0.1) is 22.7 Å². The van der Waals surface area contributed by atoms with Gasteiger partial charge in [0.25, 0.3) is 0 Å². The number of hydrogen-bond donors (Lipinski definition) is 1. The van der Waals surface area contributed by atoms with Crippen molar-refractivity contribution in [3.63, 3.8) is 0 Å². The number of likely N-dealkylation sites (tertiary alicyclic amines) is 1. The molecule has 1 aromatic carbocycles. The number of carbonyl (C=O) groups excluding carboxylic acids is 2. The van der Waals surface area contributed by atoms with Crippen LogP contribution in [0.25, 0.3) is 10.6 Å². The van der Waals surface area contributed by atoms with Crippen molar-refractivity contribution < 1.29 is 9.59 Å². The number of hydrogen-bond acceptors (Lipinski definition) is 5.